The molecule has 2 bridgehead atoms. The summed E-state index contributed by atoms with van der Waals surface area (Å²) in [6, 6.07) is -0.241. The third kappa shape index (κ3) is 5.72. The summed E-state index contributed by atoms with van der Waals surface area (Å²) in [5.41, 5.74) is 11.3. The Morgan fingerprint density at radius 2 is 1.95 bits per heavy atom. The smallest absolute Gasteiger partial charge is 0.239 e. The lowest BCUT2D eigenvalue weighted by Gasteiger charge is -2.53. The average molecular weight is 552 g/mol. The van der Waals surface area contributed by atoms with Crippen LogP contribution in [0.25, 0.3) is 0 Å². The molecule has 6 N–H and O–H groups in total. The van der Waals surface area contributed by atoms with E-state index >= 15 is 0 Å². The van der Waals surface area contributed by atoms with Crippen LogP contribution in [0.1, 0.15) is 70.3 Å². The first kappa shape index (κ1) is 28.5. The fourth-order valence-corrected chi connectivity index (χ4v) is 6.78. The Morgan fingerprint density at radius 1 is 1.23 bits per heavy atom. The summed E-state index contributed by atoms with van der Waals surface area (Å²) >= 11 is 0. The van der Waals surface area contributed by atoms with Crippen molar-refractivity contribution in [3.63, 3.8) is 0 Å². The van der Waals surface area contributed by atoms with Gasteiger partial charge in [0.15, 0.2) is 5.82 Å². The Kier molecular flexibility index (Phi) is 8.15. The molecule has 3 aliphatic carbocycles. The van der Waals surface area contributed by atoms with E-state index in [9.17, 15) is 4.79 Å². The van der Waals surface area contributed by atoms with E-state index in [4.69, 9.17) is 25.9 Å². The summed E-state index contributed by atoms with van der Waals surface area (Å²) in [6.07, 6.45) is 7.09. The van der Waals surface area contributed by atoms with Crippen molar-refractivity contribution in [2.75, 3.05) is 56.7 Å². The van der Waals surface area contributed by atoms with Crippen LogP contribution in [0.5, 0.6) is 0 Å². The Morgan fingerprint density at radius 3 is 2.55 bits per heavy atom. The second kappa shape index (κ2) is 11.4. The van der Waals surface area contributed by atoms with E-state index in [0.29, 0.717) is 37.0 Å². The summed E-state index contributed by atoms with van der Waals surface area (Å²) < 4.78 is 5.49. The summed E-state index contributed by atoms with van der Waals surface area (Å²) in [6.45, 7) is 9.63. The number of nitrogens with two attached hydrogens (primary N) is 1. The number of aromatic nitrogens is 2. The van der Waals surface area contributed by atoms with Crippen LogP contribution in [0.3, 0.4) is 0 Å². The van der Waals surface area contributed by atoms with Gasteiger partial charge >= 0.3 is 0 Å². The number of morpholine rings is 1. The summed E-state index contributed by atoms with van der Waals surface area (Å²) in [7, 11) is 1.85. The molecule has 5 fully saturated rings. The zero-order valence-electron chi connectivity index (χ0n) is 24.5. The number of aryl methyl sites for hydroxylation is 1. The molecule has 1 amide bonds. The van der Waals surface area contributed by atoms with E-state index in [1.54, 1.807) is 6.92 Å². The van der Waals surface area contributed by atoms with E-state index < -0.39 is 0 Å². The number of rotatable bonds is 7. The van der Waals surface area contributed by atoms with Crippen molar-refractivity contribution in [1.29, 1.82) is 5.41 Å². The summed E-state index contributed by atoms with van der Waals surface area (Å²) in [4.78, 5) is 29.6. The van der Waals surface area contributed by atoms with Crippen LogP contribution in [0.4, 0.5) is 11.5 Å². The number of nitrogens with zero attached hydrogens (tertiary/aromatic N) is 4. The zero-order chi connectivity index (χ0) is 28.5. The van der Waals surface area contributed by atoms with Crippen molar-refractivity contribution < 1.29 is 9.53 Å². The largest absolute Gasteiger partial charge is 0.402 e. The van der Waals surface area contributed by atoms with Gasteiger partial charge < -0.3 is 36.7 Å². The van der Waals surface area contributed by atoms with Gasteiger partial charge in [0.1, 0.15) is 23.2 Å². The van der Waals surface area contributed by atoms with E-state index in [-0.39, 0.29) is 22.9 Å². The molecule has 3 saturated carbocycles. The van der Waals surface area contributed by atoms with E-state index in [0.717, 1.165) is 93.1 Å². The molecule has 2 aliphatic heterocycles. The topological polar surface area (TPSA) is 154 Å². The average Bonchev–Trinajstić information content (AvgIpc) is 2.97. The second-order valence-electron chi connectivity index (χ2n) is 12.1. The van der Waals surface area contributed by atoms with Gasteiger partial charge in [0.05, 0.1) is 18.9 Å². The third-order valence-corrected chi connectivity index (χ3v) is 9.33. The van der Waals surface area contributed by atoms with Crippen molar-refractivity contribution in [2.45, 2.75) is 77.3 Å². The van der Waals surface area contributed by atoms with Crippen LogP contribution in [-0.4, -0.2) is 85.3 Å². The van der Waals surface area contributed by atoms with Gasteiger partial charge in [-0.05, 0) is 64.7 Å². The number of piperidine rings is 1. The minimum absolute atomic E-state index is 0.0796. The van der Waals surface area contributed by atoms with Gasteiger partial charge in [0.25, 0.3) is 0 Å². The van der Waals surface area contributed by atoms with E-state index in [1.807, 2.05) is 20.9 Å². The van der Waals surface area contributed by atoms with Crippen LogP contribution in [-0.2, 0) is 9.53 Å². The molecule has 0 aromatic carbocycles. The Bertz CT molecular complexity index is 1190. The fraction of sp³-hybridized carbons (Fsp3) is 0.690. The third-order valence-electron chi connectivity index (χ3n) is 9.33. The van der Waals surface area contributed by atoms with Crippen molar-refractivity contribution in [1.82, 2.24) is 20.6 Å². The lowest BCUT2D eigenvalue weighted by atomic mass is 9.57. The van der Waals surface area contributed by atoms with Gasteiger partial charge in [-0.1, -0.05) is 0 Å². The molecule has 3 heterocycles. The molecule has 0 radical (unpaired) electrons. The van der Waals surface area contributed by atoms with Gasteiger partial charge in [-0.25, -0.2) is 9.97 Å². The quantitative estimate of drug-likeness (QED) is 0.324. The standard InChI is InChI=1S/C29H45N9O2/c1-18(30)21-15-38(26-25(32-4)24(19(2)31)35-20(3)36-26)13-5-22(21)34-17-28-6-9-29(10-7-28,11-8-28)37-27(39)23-16-40-14-12-33-23/h23,31-33H,5-17,30H2,1-4H3,(H,37,39)/t23-,28?,29?/m0/s1. The monoisotopic (exact) mass is 551 g/mol. The maximum absolute atomic E-state index is 12.9. The zero-order valence-corrected chi connectivity index (χ0v) is 24.5. The molecule has 0 spiro atoms. The van der Waals surface area contributed by atoms with Crippen molar-refractivity contribution >= 4 is 28.8 Å². The molecule has 11 heteroatoms. The number of ether oxygens (including phenoxy) is 1. The first-order valence-electron chi connectivity index (χ1n) is 14.6. The predicted octanol–water partition coefficient (Wildman–Crippen LogP) is 2.30. The number of nitrogens with one attached hydrogen (secondary N) is 4. The van der Waals surface area contributed by atoms with Gasteiger partial charge in [0, 0.05) is 62.2 Å². The second-order valence-corrected chi connectivity index (χ2v) is 12.1. The fourth-order valence-electron chi connectivity index (χ4n) is 6.78. The highest BCUT2D eigenvalue weighted by Gasteiger charge is 2.49. The molecule has 218 valence electrons. The number of carbonyl (C=O) groups excluding carboxylic acids is 1. The van der Waals surface area contributed by atoms with Crippen LogP contribution in [0.15, 0.2) is 16.3 Å². The van der Waals surface area contributed by atoms with Gasteiger partial charge in [-0.3, -0.25) is 9.79 Å². The number of anilines is 2. The molecule has 5 aliphatic rings. The minimum Gasteiger partial charge on any atom is -0.402 e. The molecule has 11 nitrogen and oxygen atoms in total. The van der Waals surface area contributed by atoms with Gasteiger partial charge in [0.2, 0.25) is 5.91 Å². The predicted molar refractivity (Wildman–Crippen MR) is 158 cm³/mol. The Balaban J connectivity index is 1.25. The molecular weight excluding hydrogens is 506 g/mol. The minimum atomic E-state index is -0.241. The highest BCUT2D eigenvalue weighted by molar-refractivity contribution is 6.04. The molecule has 1 aromatic rings. The number of hydrogen-bond acceptors (Lipinski definition) is 10. The SMILES string of the molecule is CNc1c(C(C)=N)nc(C)nc1N1CCC(=NCC23CCC(NC(=O)[C@@H]4COCCN4)(CC2)CC3)C(=C(C)N)C1. The number of fused-ring (bicyclic) bond motifs is 3. The molecule has 1 atom stereocenters. The summed E-state index contributed by atoms with van der Waals surface area (Å²) in [5.74, 6) is 1.54. The lowest BCUT2D eigenvalue weighted by molar-refractivity contribution is -0.130. The van der Waals surface area contributed by atoms with E-state index in [1.165, 1.54) is 0 Å². The van der Waals surface area contributed by atoms with Gasteiger partial charge in [-0.15, -0.1) is 0 Å². The molecular formula is C29H45N9O2. The number of carbonyl (C=O) groups is 1. The van der Waals surface area contributed by atoms with Crippen molar-refractivity contribution in [2.24, 2.45) is 16.1 Å². The molecule has 0 unspecified atom stereocenters. The number of allylic oxidation sites excluding steroid dienone is 1. The van der Waals surface area contributed by atoms with E-state index in [2.05, 4.69) is 25.8 Å². The normalized spacial score (nSPS) is 30.8. The number of amides is 1. The Hall–Kier alpha value is -3.05. The first-order valence-corrected chi connectivity index (χ1v) is 14.6. The maximum Gasteiger partial charge on any atom is 0.239 e. The van der Waals surface area contributed by atoms with Crippen LogP contribution < -0.4 is 26.6 Å². The lowest BCUT2D eigenvalue weighted by Crippen LogP contribution is -2.61. The molecule has 2 saturated heterocycles. The van der Waals surface area contributed by atoms with Crippen LogP contribution >= 0.6 is 0 Å². The highest BCUT2D eigenvalue weighted by atomic mass is 16.5. The molecule has 6 rings (SSSR count). The number of hydrogen-bond donors (Lipinski definition) is 5. The molecule has 40 heavy (non-hydrogen) atoms. The highest BCUT2D eigenvalue weighted by Crippen LogP contribution is 2.52. The maximum atomic E-state index is 12.9. The van der Waals surface area contributed by atoms with Crippen LogP contribution in [0, 0.1) is 17.7 Å². The van der Waals surface area contributed by atoms with Crippen molar-refractivity contribution in [3.8, 4) is 0 Å². The summed E-state index contributed by atoms with van der Waals surface area (Å²) in [5, 5.41) is 18.1. The number of aliphatic imine (C=N–C) groups is 1. The van der Waals surface area contributed by atoms with Gasteiger partial charge in [-0.2, -0.15) is 0 Å². The van der Waals surface area contributed by atoms with Crippen molar-refractivity contribution in [3.05, 3.63) is 22.8 Å². The van der Waals surface area contributed by atoms with Crippen LogP contribution in [0.2, 0.25) is 0 Å². The Labute approximate surface area is 237 Å². The molecule has 1 aromatic heterocycles. The first-order chi connectivity index (χ1) is 19.1.